The van der Waals surface area contributed by atoms with Crippen molar-refractivity contribution in [1.82, 2.24) is 0 Å². The minimum atomic E-state index is -0.411. The van der Waals surface area contributed by atoms with Gasteiger partial charge in [0.2, 0.25) is 0 Å². The first-order valence-electron chi connectivity index (χ1n) is 36.2. The van der Waals surface area contributed by atoms with Crippen molar-refractivity contribution in [2.45, 2.75) is 10.8 Å². The summed E-state index contributed by atoms with van der Waals surface area (Å²) >= 11 is 0. The molecule has 17 aromatic carbocycles. The molecule has 0 aromatic heterocycles. The molecule has 0 unspecified atom stereocenters. The zero-order valence-corrected chi connectivity index (χ0v) is 57.9. The molecule has 17 aromatic rings. The van der Waals surface area contributed by atoms with Crippen LogP contribution in [0.1, 0.15) is 44.5 Å². The Labute approximate surface area is 614 Å². The van der Waals surface area contributed by atoms with Crippen LogP contribution in [0.5, 0.6) is 0 Å². The van der Waals surface area contributed by atoms with E-state index in [2.05, 4.69) is 428 Å². The highest BCUT2D eigenvalue weighted by molar-refractivity contribution is 6.05. The van der Waals surface area contributed by atoms with Gasteiger partial charge >= 0.3 is 0 Å². The van der Waals surface area contributed by atoms with Gasteiger partial charge in [0.05, 0.1) is 10.8 Å². The summed E-state index contributed by atoms with van der Waals surface area (Å²) in [7, 11) is 0. The number of fused-ring (bicyclic) bond motifs is 14. The Morgan fingerprint density at radius 3 is 0.914 bits per heavy atom. The first kappa shape index (κ1) is 63.6. The van der Waals surface area contributed by atoms with Crippen LogP contribution in [-0.4, -0.2) is 0 Å². The van der Waals surface area contributed by atoms with E-state index in [0.29, 0.717) is 0 Å². The minimum Gasteiger partial charge on any atom is -0.356 e. The van der Waals surface area contributed by atoms with E-state index >= 15 is 0 Å². The van der Waals surface area contributed by atoms with Crippen LogP contribution in [0.3, 0.4) is 0 Å². The molecule has 0 saturated carbocycles. The fourth-order valence-electron chi connectivity index (χ4n) is 16.7. The molecule has 3 N–H and O–H groups in total. The van der Waals surface area contributed by atoms with E-state index in [4.69, 9.17) is 0 Å². The summed E-state index contributed by atoms with van der Waals surface area (Å²) in [5, 5.41) is 13.5. The van der Waals surface area contributed by atoms with Gasteiger partial charge in [-0.1, -0.05) is 364 Å². The summed E-state index contributed by atoms with van der Waals surface area (Å²) in [4.78, 5) is 0. The first-order chi connectivity index (χ1) is 52.1. The molecular formula is C102H73N3. The fourth-order valence-corrected chi connectivity index (χ4v) is 16.7. The van der Waals surface area contributed by atoms with Gasteiger partial charge in [-0.15, -0.1) is 0 Å². The average Bonchev–Trinajstić information content (AvgIpc) is 1.60. The SMILES string of the molecule is c1ccc(-c2ccc(Nc3ccc4c(c3)C(c3ccccc3)(c3ccccc3)c3ccccc3-4)c3ccccc23)cc1.c1ccc(-c2ccc(Nc3ccc4c(c3)C3(c5ccccc5-c5ccccc53)c3ccccc3-4)cc2)cc1.c1ccc(-c2ccc(Nc3ccccc3-c3ccccc3)cc2)cc1. The van der Waals surface area contributed by atoms with Crippen LogP contribution in [0.4, 0.5) is 34.1 Å². The third-order valence-electron chi connectivity index (χ3n) is 21.3. The Hall–Kier alpha value is -13.6. The van der Waals surface area contributed by atoms with E-state index < -0.39 is 5.41 Å². The highest BCUT2D eigenvalue weighted by Crippen LogP contribution is 2.63. The quantitative estimate of drug-likeness (QED) is 0.114. The number of benzene rings is 17. The first-order valence-corrected chi connectivity index (χ1v) is 36.2. The highest BCUT2D eigenvalue weighted by Gasteiger charge is 2.52. The van der Waals surface area contributed by atoms with Crippen molar-refractivity contribution < 1.29 is 0 Å². The molecule has 0 atom stereocenters. The summed E-state index contributed by atoms with van der Waals surface area (Å²) in [6.07, 6.45) is 0. The molecule has 3 aliphatic rings. The molecule has 1 spiro atoms. The fraction of sp³-hybridized carbons (Fsp3) is 0.0196. The van der Waals surface area contributed by atoms with Crippen molar-refractivity contribution in [2.75, 3.05) is 16.0 Å². The number of para-hydroxylation sites is 1. The summed E-state index contributed by atoms with van der Waals surface area (Å²) in [5.74, 6) is 0. The van der Waals surface area contributed by atoms with E-state index in [1.807, 2.05) is 12.1 Å². The number of nitrogens with one attached hydrogen (secondary N) is 3. The molecule has 3 aliphatic carbocycles. The molecule has 0 radical (unpaired) electrons. The number of hydrogen-bond donors (Lipinski definition) is 3. The van der Waals surface area contributed by atoms with Crippen LogP contribution in [0.2, 0.25) is 0 Å². The Balaban J connectivity index is 0.000000116. The van der Waals surface area contributed by atoms with Crippen molar-refractivity contribution in [3.63, 3.8) is 0 Å². The van der Waals surface area contributed by atoms with Crippen LogP contribution in [0, 0.1) is 0 Å². The molecule has 0 bridgehead atoms. The van der Waals surface area contributed by atoms with Crippen LogP contribution in [0.25, 0.3) is 88.7 Å². The summed E-state index contributed by atoms with van der Waals surface area (Å²) in [6, 6.07) is 152. The minimum absolute atomic E-state index is 0.312. The zero-order valence-electron chi connectivity index (χ0n) is 57.9. The van der Waals surface area contributed by atoms with Crippen LogP contribution >= 0.6 is 0 Å². The summed E-state index contributed by atoms with van der Waals surface area (Å²) in [5.41, 5.74) is 34.2. The zero-order chi connectivity index (χ0) is 69.9. The van der Waals surface area contributed by atoms with E-state index in [-0.39, 0.29) is 5.41 Å². The lowest BCUT2D eigenvalue weighted by Crippen LogP contribution is -2.28. The third-order valence-corrected chi connectivity index (χ3v) is 21.3. The predicted molar refractivity (Wildman–Crippen MR) is 441 cm³/mol. The monoisotopic (exact) mass is 1340 g/mol. The maximum absolute atomic E-state index is 3.82. The van der Waals surface area contributed by atoms with E-state index in [1.54, 1.807) is 0 Å². The van der Waals surface area contributed by atoms with E-state index in [0.717, 1.165) is 34.1 Å². The highest BCUT2D eigenvalue weighted by atomic mass is 14.9. The molecule has 3 nitrogen and oxygen atoms in total. The second kappa shape index (κ2) is 27.7. The number of hydrogen-bond acceptors (Lipinski definition) is 3. The molecule has 0 aliphatic heterocycles. The van der Waals surface area contributed by atoms with Crippen molar-refractivity contribution in [3.05, 3.63) is 469 Å². The third kappa shape index (κ3) is 11.5. The average molecular weight is 1340 g/mol. The Morgan fingerprint density at radius 2 is 0.448 bits per heavy atom. The van der Waals surface area contributed by atoms with Gasteiger partial charge in [-0.3, -0.25) is 0 Å². The smallest absolute Gasteiger partial charge is 0.0726 e. The Kier molecular flexibility index (Phi) is 16.8. The maximum Gasteiger partial charge on any atom is 0.0726 e. The van der Waals surface area contributed by atoms with Gasteiger partial charge < -0.3 is 16.0 Å². The van der Waals surface area contributed by atoms with E-state index in [9.17, 15) is 0 Å². The van der Waals surface area contributed by atoms with Gasteiger partial charge in [-0.2, -0.15) is 0 Å². The lowest BCUT2D eigenvalue weighted by atomic mass is 9.67. The van der Waals surface area contributed by atoms with Gasteiger partial charge in [-0.05, 0) is 183 Å². The van der Waals surface area contributed by atoms with Crippen LogP contribution in [-0.2, 0) is 10.8 Å². The summed E-state index contributed by atoms with van der Waals surface area (Å²) < 4.78 is 0. The molecule has 0 heterocycles. The van der Waals surface area contributed by atoms with Crippen molar-refractivity contribution in [2.24, 2.45) is 0 Å². The Morgan fingerprint density at radius 1 is 0.152 bits per heavy atom. The van der Waals surface area contributed by atoms with Gasteiger partial charge in [0.25, 0.3) is 0 Å². The maximum atomic E-state index is 3.82. The molecule has 0 amide bonds. The van der Waals surface area contributed by atoms with Gasteiger partial charge in [-0.25, -0.2) is 0 Å². The molecule has 0 saturated heterocycles. The van der Waals surface area contributed by atoms with Crippen LogP contribution < -0.4 is 16.0 Å². The van der Waals surface area contributed by atoms with Gasteiger partial charge in [0.1, 0.15) is 0 Å². The predicted octanol–water partition coefficient (Wildman–Crippen LogP) is 26.8. The second-order valence-electron chi connectivity index (χ2n) is 27.2. The van der Waals surface area contributed by atoms with Gasteiger partial charge in [0, 0.05) is 45.1 Å². The largest absolute Gasteiger partial charge is 0.356 e. The topological polar surface area (TPSA) is 36.1 Å². The van der Waals surface area contributed by atoms with Crippen molar-refractivity contribution in [1.29, 1.82) is 0 Å². The lowest BCUT2D eigenvalue weighted by molar-refractivity contribution is 0.769. The number of rotatable bonds is 12. The van der Waals surface area contributed by atoms with Gasteiger partial charge in [0.15, 0.2) is 0 Å². The molecule has 20 rings (SSSR count). The normalized spacial score (nSPS) is 12.5. The van der Waals surface area contributed by atoms with E-state index in [1.165, 1.54) is 133 Å². The number of anilines is 6. The lowest BCUT2D eigenvalue weighted by Gasteiger charge is -2.34. The van der Waals surface area contributed by atoms with Crippen LogP contribution in [0.15, 0.2) is 425 Å². The molecule has 3 heteroatoms. The second-order valence-corrected chi connectivity index (χ2v) is 27.2. The van der Waals surface area contributed by atoms with Crippen molar-refractivity contribution in [3.8, 4) is 77.9 Å². The standard InChI is InChI=1S/C41H29N.C37H25N.C24H19N/c1-4-14-29(15-5-1)33-26-27-40(37-22-11-10-20-34(33)37)42-32-24-25-36-35-21-12-13-23-38(35)41(39(36)28-32,30-16-6-2-7-17-30)31-18-8-3-9-19-31;1-2-10-25(11-3-1)26-18-20-27(21-19-26)38-28-22-23-32-31-14-6-9-17-35(31)37(36(32)24-28)33-15-7-4-12-29(33)30-13-5-8-16-34(30)37;1-3-9-19(10-4-1)20-15-17-22(18-16-20)25-24-14-8-7-13-23(24)21-11-5-2-6-12-21/h1-28,42H;1-24,38H;1-18,25H. The molecule has 496 valence electrons. The summed E-state index contributed by atoms with van der Waals surface area (Å²) in [6.45, 7) is 0. The Bertz CT molecular complexity index is 5850. The van der Waals surface area contributed by atoms with Crippen molar-refractivity contribution >= 4 is 44.9 Å². The molecule has 105 heavy (non-hydrogen) atoms. The molecular weight excluding hydrogens is 1270 g/mol. The molecule has 0 fully saturated rings.